The molecule has 1 saturated heterocycles. The van der Waals surface area contributed by atoms with Crippen molar-refractivity contribution < 1.29 is 22.8 Å². The van der Waals surface area contributed by atoms with E-state index in [1.165, 1.54) is 40.7 Å². The molecule has 0 unspecified atom stereocenters. The zero-order valence-corrected chi connectivity index (χ0v) is 21.1. The molecule has 0 bridgehead atoms. The lowest BCUT2D eigenvalue weighted by molar-refractivity contribution is -0.384. The maximum atomic E-state index is 14.6. The molecule has 0 saturated carbocycles. The smallest absolute Gasteiger partial charge is 0.269 e. The van der Waals surface area contributed by atoms with Crippen LogP contribution in [0, 0.1) is 15.9 Å². The van der Waals surface area contributed by atoms with Crippen LogP contribution in [-0.2, 0) is 16.4 Å². The number of non-ortho nitro benzene ring substituents is 1. The molecule has 8 nitrogen and oxygen atoms in total. The van der Waals surface area contributed by atoms with E-state index in [4.69, 9.17) is 0 Å². The third-order valence-electron chi connectivity index (χ3n) is 7.43. The van der Waals surface area contributed by atoms with Gasteiger partial charge in [-0.1, -0.05) is 30.3 Å². The summed E-state index contributed by atoms with van der Waals surface area (Å²) in [5.74, 6) is -0.642. The first-order chi connectivity index (χ1) is 17.7. The molecule has 1 fully saturated rings. The average Bonchev–Trinajstić information content (AvgIpc) is 3.19. The van der Waals surface area contributed by atoms with Gasteiger partial charge in [0.2, 0.25) is 10.0 Å². The summed E-state index contributed by atoms with van der Waals surface area (Å²) in [6, 6.07) is 16.3. The van der Waals surface area contributed by atoms with E-state index >= 15 is 0 Å². The Morgan fingerprint density at radius 3 is 2.49 bits per heavy atom. The van der Waals surface area contributed by atoms with Gasteiger partial charge in [0.05, 0.1) is 22.5 Å². The molecule has 1 N–H and O–H groups in total. The minimum absolute atomic E-state index is 0.0518. The number of nitro groups is 1. The van der Waals surface area contributed by atoms with Crippen molar-refractivity contribution >= 4 is 15.7 Å². The zero-order chi connectivity index (χ0) is 26.3. The van der Waals surface area contributed by atoms with Crippen LogP contribution in [0.25, 0.3) is 0 Å². The summed E-state index contributed by atoms with van der Waals surface area (Å²) >= 11 is 0. The number of hydrogen-bond donors (Lipinski definition) is 1. The van der Waals surface area contributed by atoms with Crippen LogP contribution in [-0.4, -0.2) is 60.4 Å². The number of nitrogens with zero attached hydrogens (tertiary/aromatic N) is 3. The van der Waals surface area contributed by atoms with Gasteiger partial charge in [-0.25, -0.2) is 12.8 Å². The molecule has 0 radical (unpaired) electrons. The third kappa shape index (κ3) is 4.66. The monoisotopic (exact) mass is 525 g/mol. The second-order valence-corrected chi connectivity index (χ2v) is 11.6. The van der Waals surface area contributed by atoms with Gasteiger partial charge in [-0.05, 0) is 66.4 Å². The molecule has 1 aliphatic heterocycles. The Bertz CT molecular complexity index is 1430. The van der Waals surface area contributed by atoms with Crippen LogP contribution in [0.1, 0.15) is 40.6 Å². The van der Waals surface area contributed by atoms with Crippen LogP contribution in [0.2, 0.25) is 0 Å². The molecule has 1 heterocycles. The lowest BCUT2D eigenvalue weighted by Gasteiger charge is -2.33. The van der Waals surface area contributed by atoms with Gasteiger partial charge in [0.25, 0.3) is 5.69 Å². The number of sulfonamides is 1. The maximum Gasteiger partial charge on any atom is 0.269 e. The molecule has 194 valence electrons. The Hall–Kier alpha value is -3.18. The van der Waals surface area contributed by atoms with Crippen molar-refractivity contribution in [2.45, 2.75) is 35.7 Å². The number of aliphatic hydroxyl groups is 1. The lowest BCUT2D eigenvalue weighted by Crippen LogP contribution is -2.44. The van der Waals surface area contributed by atoms with E-state index in [9.17, 15) is 28.0 Å². The number of likely N-dealkylation sites (N-methyl/N-ethyl adjacent to an activating group) is 1. The minimum atomic E-state index is -4.14. The molecule has 3 aromatic carbocycles. The Morgan fingerprint density at radius 2 is 1.78 bits per heavy atom. The number of halogens is 1. The van der Waals surface area contributed by atoms with Crippen LogP contribution >= 0.6 is 0 Å². The number of fused-ring (bicyclic) bond motifs is 5. The van der Waals surface area contributed by atoms with Gasteiger partial charge in [0.15, 0.2) is 0 Å². The van der Waals surface area contributed by atoms with Crippen molar-refractivity contribution in [2.75, 3.05) is 26.7 Å². The normalized spacial score (nSPS) is 21.2. The summed E-state index contributed by atoms with van der Waals surface area (Å²) in [6.07, 6.45) is 1.08. The molecule has 2 aliphatic rings. The van der Waals surface area contributed by atoms with Crippen LogP contribution in [0.5, 0.6) is 0 Å². The van der Waals surface area contributed by atoms with Crippen molar-refractivity contribution in [1.82, 2.24) is 9.21 Å². The van der Waals surface area contributed by atoms with Gasteiger partial charge in [-0.15, -0.1) is 0 Å². The number of rotatable bonds is 7. The van der Waals surface area contributed by atoms with Crippen molar-refractivity contribution in [3.05, 3.63) is 105 Å². The first kappa shape index (κ1) is 25.5. The maximum absolute atomic E-state index is 14.6. The SMILES string of the molecule is CN(CCO)C[C@H]1C[C@@H]2c3ccccc3Cc3ccc(F)cc3[C@H]2N1S(=O)(=O)c1ccc([N+](=O)[O-])cc1. The number of aliphatic hydroxyl groups excluding tert-OH is 1. The highest BCUT2D eigenvalue weighted by Gasteiger charge is 2.51. The minimum Gasteiger partial charge on any atom is -0.395 e. The number of hydrogen-bond acceptors (Lipinski definition) is 6. The second kappa shape index (κ2) is 9.94. The Morgan fingerprint density at radius 1 is 1.08 bits per heavy atom. The molecule has 3 aromatic rings. The van der Waals surface area contributed by atoms with Gasteiger partial charge in [0, 0.05) is 37.2 Å². The Balaban J connectivity index is 1.69. The summed E-state index contributed by atoms with van der Waals surface area (Å²) in [4.78, 5) is 12.4. The summed E-state index contributed by atoms with van der Waals surface area (Å²) < 4.78 is 44.6. The molecule has 0 aromatic heterocycles. The first-order valence-corrected chi connectivity index (χ1v) is 13.6. The fourth-order valence-electron chi connectivity index (χ4n) is 5.83. The highest BCUT2D eigenvalue weighted by atomic mass is 32.2. The molecule has 37 heavy (non-hydrogen) atoms. The van der Waals surface area contributed by atoms with Gasteiger partial charge in [-0.3, -0.25) is 10.1 Å². The molecule has 3 atom stereocenters. The summed E-state index contributed by atoms with van der Waals surface area (Å²) in [6.45, 7) is 0.674. The van der Waals surface area contributed by atoms with Crippen molar-refractivity contribution in [1.29, 1.82) is 0 Å². The van der Waals surface area contributed by atoms with E-state index in [2.05, 4.69) is 0 Å². The molecule has 0 spiro atoms. The first-order valence-electron chi connectivity index (χ1n) is 12.1. The average molecular weight is 526 g/mol. The summed E-state index contributed by atoms with van der Waals surface area (Å²) in [7, 11) is -2.31. The summed E-state index contributed by atoms with van der Waals surface area (Å²) in [5, 5.41) is 20.6. The molecule has 5 rings (SSSR count). The summed E-state index contributed by atoms with van der Waals surface area (Å²) in [5.41, 5.74) is 3.43. The van der Waals surface area contributed by atoms with Crippen molar-refractivity contribution in [3.63, 3.8) is 0 Å². The van der Waals surface area contributed by atoms with Gasteiger partial charge in [0.1, 0.15) is 5.82 Å². The largest absolute Gasteiger partial charge is 0.395 e. The van der Waals surface area contributed by atoms with Gasteiger partial charge < -0.3 is 10.0 Å². The molecular formula is C27H28FN3O5S. The lowest BCUT2D eigenvalue weighted by atomic mass is 9.87. The van der Waals surface area contributed by atoms with Crippen LogP contribution in [0.15, 0.2) is 71.6 Å². The third-order valence-corrected chi connectivity index (χ3v) is 9.38. The standard InChI is InChI=1S/C27H28FN3O5S/c1-29(12-13-32)17-22-16-26-24-5-3-2-4-18(24)14-19-6-7-20(28)15-25(19)27(26)30(22)37(35,36)23-10-8-21(9-11-23)31(33)34/h2-11,15,22,26-27,32H,12-14,16-17H2,1H3/t22-,26-,27-/m1/s1. The molecular weight excluding hydrogens is 497 g/mol. The molecule has 10 heteroatoms. The van der Waals surface area contributed by atoms with E-state index < -0.39 is 32.8 Å². The quantitative estimate of drug-likeness (QED) is 0.371. The van der Waals surface area contributed by atoms with E-state index in [1.54, 1.807) is 6.07 Å². The molecule has 0 amide bonds. The molecule has 1 aliphatic carbocycles. The van der Waals surface area contributed by atoms with E-state index in [1.807, 2.05) is 36.2 Å². The van der Waals surface area contributed by atoms with Crippen molar-refractivity contribution in [3.8, 4) is 0 Å². The number of benzene rings is 3. The highest BCUT2D eigenvalue weighted by Crippen LogP contribution is 2.53. The van der Waals surface area contributed by atoms with E-state index in [0.29, 0.717) is 31.5 Å². The second-order valence-electron chi connectivity index (χ2n) is 9.73. The van der Waals surface area contributed by atoms with Crippen LogP contribution < -0.4 is 0 Å². The number of nitro benzene ring substituents is 1. The van der Waals surface area contributed by atoms with Gasteiger partial charge >= 0.3 is 0 Å². The predicted molar refractivity (Wildman–Crippen MR) is 136 cm³/mol. The fourth-order valence-corrected chi connectivity index (χ4v) is 7.66. The topological polar surface area (TPSA) is 104 Å². The highest BCUT2D eigenvalue weighted by molar-refractivity contribution is 7.89. The van der Waals surface area contributed by atoms with Crippen molar-refractivity contribution in [2.24, 2.45) is 0 Å². The Labute approximate surface area is 215 Å². The predicted octanol–water partition coefficient (Wildman–Crippen LogP) is 3.85. The van der Waals surface area contributed by atoms with E-state index in [-0.39, 0.29) is 23.1 Å². The van der Waals surface area contributed by atoms with Crippen LogP contribution in [0.4, 0.5) is 10.1 Å². The fraction of sp³-hybridized carbons (Fsp3) is 0.333. The van der Waals surface area contributed by atoms with E-state index in [0.717, 1.165) is 16.7 Å². The zero-order valence-electron chi connectivity index (χ0n) is 20.3. The Kier molecular flexibility index (Phi) is 6.84. The van der Waals surface area contributed by atoms with Crippen LogP contribution in [0.3, 0.4) is 0 Å². The van der Waals surface area contributed by atoms with Gasteiger partial charge in [-0.2, -0.15) is 4.31 Å².